The van der Waals surface area contributed by atoms with Crippen LogP contribution in [-0.4, -0.2) is 15.2 Å². The van der Waals surface area contributed by atoms with Gasteiger partial charge in [0, 0.05) is 11.3 Å². The largest absolute Gasteiger partial charge is 0.440 e. The van der Waals surface area contributed by atoms with Crippen LogP contribution in [0.1, 0.15) is 5.89 Å². The minimum absolute atomic E-state index is 0.299. The van der Waals surface area contributed by atoms with Crippen molar-refractivity contribution in [3.63, 3.8) is 0 Å². The minimum Gasteiger partial charge on any atom is -0.440 e. The summed E-state index contributed by atoms with van der Waals surface area (Å²) in [5.74, 6) is 1.63. The SMILES string of the molecule is Fc1cccc(Nc2nnc(SCc3ncc(-c4ccccc4)o3)s2)c1. The van der Waals surface area contributed by atoms with Crippen LogP contribution in [0.15, 0.2) is 69.6 Å². The second-order valence-corrected chi connectivity index (χ2v) is 7.48. The third-order valence-electron chi connectivity index (χ3n) is 3.41. The van der Waals surface area contributed by atoms with Crippen molar-refractivity contribution < 1.29 is 8.81 Å². The van der Waals surface area contributed by atoms with Gasteiger partial charge in [0.1, 0.15) is 5.82 Å². The molecule has 4 rings (SSSR count). The van der Waals surface area contributed by atoms with Gasteiger partial charge in [0.2, 0.25) is 11.0 Å². The van der Waals surface area contributed by atoms with Crippen molar-refractivity contribution in [3.8, 4) is 11.3 Å². The molecule has 0 spiro atoms. The van der Waals surface area contributed by atoms with E-state index >= 15 is 0 Å². The van der Waals surface area contributed by atoms with Gasteiger partial charge >= 0.3 is 0 Å². The summed E-state index contributed by atoms with van der Waals surface area (Å²) in [6.07, 6.45) is 1.72. The molecule has 0 aliphatic heterocycles. The summed E-state index contributed by atoms with van der Waals surface area (Å²) in [7, 11) is 0. The number of nitrogens with one attached hydrogen (secondary N) is 1. The van der Waals surface area contributed by atoms with Crippen LogP contribution < -0.4 is 5.32 Å². The van der Waals surface area contributed by atoms with E-state index in [1.165, 1.54) is 35.2 Å². The van der Waals surface area contributed by atoms with E-state index in [1.54, 1.807) is 18.3 Å². The molecule has 0 radical (unpaired) electrons. The second-order valence-electron chi connectivity index (χ2n) is 5.28. The van der Waals surface area contributed by atoms with Gasteiger partial charge in [-0.05, 0) is 18.2 Å². The zero-order valence-corrected chi connectivity index (χ0v) is 15.1. The molecule has 4 aromatic rings. The van der Waals surface area contributed by atoms with Crippen LogP contribution in [0, 0.1) is 5.82 Å². The van der Waals surface area contributed by atoms with Crippen LogP contribution in [0.2, 0.25) is 0 Å². The quantitative estimate of drug-likeness (QED) is 0.451. The fourth-order valence-corrected chi connectivity index (χ4v) is 3.87. The van der Waals surface area contributed by atoms with Crippen molar-refractivity contribution in [2.45, 2.75) is 10.1 Å². The number of aromatic nitrogens is 3. The summed E-state index contributed by atoms with van der Waals surface area (Å²) in [6, 6.07) is 16.1. The Morgan fingerprint density at radius 1 is 1.08 bits per heavy atom. The monoisotopic (exact) mass is 384 g/mol. The first kappa shape index (κ1) is 16.7. The third-order valence-corrected chi connectivity index (χ3v) is 5.37. The zero-order valence-electron chi connectivity index (χ0n) is 13.4. The molecule has 130 valence electrons. The summed E-state index contributed by atoms with van der Waals surface area (Å²) in [5, 5.41) is 11.8. The Bertz CT molecular complexity index is 1000. The van der Waals surface area contributed by atoms with Crippen molar-refractivity contribution in [1.29, 1.82) is 0 Å². The number of oxazole rings is 1. The lowest BCUT2D eigenvalue weighted by molar-refractivity contribution is 0.530. The van der Waals surface area contributed by atoms with Crippen LogP contribution in [0.5, 0.6) is 0 Å². The Labute approximate surface area is 157 Å². The average molecular weight is 384 g/mol. The number of hydrogen-bond acceptors (Lipinski definition) is 7. The van der Waals surface area contributed by atoms with Crippen LogP contribution >= 0.6 is 23.1 Å². The van der Waals surface area contributed by atoms with E-state index in [0.717, 1.165) is 15.7 Å². The van der Waals surface area contributed by atoms with E-state index in [0.29, 0.717) is 22.5 Å². The number of benzene rings is 2. The number of anilines is 2. The molecule has 1 N–H and O–H groups in total. The average Bonchev–Trinajstić information content (AvgIpc) is 3.30. The van der Waals surface area contributed by atoms with Gasteiger partial charge in [0.25, 0.3) is 0 Å². The van der Waals surface area contributed by atoms with Gasteiger partial charge in [0.05, 0.1) is 11.9 Å². The van der Waals surface area contributed by atoms with Crippen LogP contribution in [0.4, 0.5) is 15.2 Å². The first-order valence-corrected chi connectivity index (χ1v) is 9.55. The zero-order chi connectivity index (χ0) is 17.8. The predicted molar refractivity (Wildman–Crippen MR) is 101 cm³/mol. The van der Waals surface area contributed by atoms with Gasteiger partial charge in [-0.1, -0.05) is 59.5 Å². The Kier molecular flexibility index (Phi) is 4.94. The van der Waals surface area contributed by atoms with Gasteiger partial charge in [-0.25, -0.2) is 9.37 Å². The Morgan fingerprint density at radius 3 is 2.81 bits per heavy atom. The van der Waals surface area contributed by atoms with Gasteiger partial charge in [0.15, 0.2) is 10.1 Å². The van der Waals surface area contributed by atoms with Crippen molar-refractivity contribution >= 4 is 33.9 Å². The van der Waals surface area contributed by atoms with Gasteiger partial charge < -0.3 is 9.73 Å². The van der Waals surface area contributed by atoms with Crippen LogP contribution in [0.25, 0.3) is 11.3 Å². The normalized spacial score (nSPS) is 10.8. The van der Waals surface area contributed by atoms with E-state index in [-0.39, 0.29) is 5.82 Å². The molecule has 0 saturated heterocycles. The van der Waals surface area contributed by atoms with Crippen molar-refractivity contribution in [3.05, 3.63) is 72.5 Å². The molecule has 2 aromatic heterocycles. The molecule has 0 saturated carbocycles. The smallest absolute Gasteiger partial charge is 0.210 e. The van der Waals surface area contributed by atoms with E-state index in [2.05, 4.69) is 20.5 Å². The molecule has 26 heavy (non-hydrogen) atoms. The number of halogens is 1. The molecular weight excluding hydrogens is 371 g/mol. The predicted octanol–water partition coefficient (Wildman–Crippen LogP) is 5.37. The molecule has 0 bridgehead atoms. The van der Waals surface area contributed by atoms with E-state index < -0.39 is 0 Å². The van der Waals surface area contributed by atoms with Crippen LogP contribution in [-0.2, 0) is 5.75 Å². The summed E-state index contributed by atoms with van der Waals surface area (Å²) >= 11 is 2.88. The van der Waals surface area contributed by atoms with Crippen molar-refractivity contribution in [1.82, 2.24) is 15.2 Å². The van der Waals surface area contributed by atoms with Gasteiger partial charge in [-0.2, -0.15) is 0 Å². The Balaban J connectivity index is 1.37. The fraction of sp³-hybridized carbons (Fsp3) is 0.0556. The highest BCUT2D eigenvalue weighted by Crippen LogP contribution is 2.30. The highest BCUT2D eigenvalue weighted by atomic mass is 32.2. The first-order chi connectivity index (χ1) is 12.8. The summed E-state index contributed by atoms with van der Waals surface area (Å²) in [4.78, 5) is 4.30. The summed E-state index contributed by atoms with van der Waals surface area (Å²) in [6.45, 7) is 0. The maximum atomic E-state index is 13.2. The molecule has 2 heterocycles. The van der Waals surface area contributed by atoms with E-state index in [9.17, 15) is 4.39 Å². The van der Waals surface area contributed by atoms with Crippen molar-refractivity contribution in [2.24, 2.45) is 0 Å². The molecule has 0 unspecified atom stereocenters. The van der Waals surface area contributed by atoms with Gasteiger partial charge in [-0.15, -0.1) is 10.2 Å². The van der Waals surface area contributed by atoms with Crippen molar-refractivity contribution in [2.75, 3.05) is 5.32 Å². The lowest BCUT2D eigenvalue weighted by Gasteiger charge is -2.00. The maximum absolute atomic E-state index is 13.2. The molecule has 0 atom stereocenters. The standard InChI is InChI=1S/C18H13FN4OS2/c19-13-7-4-8-14(9-13)21-17-22-23-18(26-17)25-11-16-20-10-15(24-16)12-5-2-1-3-6-12/h1-10H,11H2,(H,21,22). The molecule has 0 aliphatic carbocycles. The summed E-state index contributed by atoms with van der Waals surface area (Å²) in [5.41, 5.74) is 1.63. The fourth-order valence-electron chi connectivity index (χ4n) is 2.24. The topological polar surface area (TPSA) is 63.8 Å². The molecule has 0 fully saturated rings. The van der Waals surface area contributed by atoms with E-state index in [4.69, 9.17) is 4.42 Å². The number of nitrogens with zero attached hydrogens (tertiary/aromatic N) is 3. The lowest BCUT2D eigenvalue weighted by atomic mass is 10.2. The molecule has 2 aromatic carbocycles. The number of hydrogen-bond donors (Lipinski definition) is 1. The molecule has 8 heteroatoms. The molecule has 0 aliphatic rings. The number of thioether (sulfide) groups is 1. The maximum Gasteiger partial charge on any atom is 0.210 e. The highest BCUT2D eigenvalue weighted by Gasteiger charge is 2.10. The van der Waals surface area contributed by atoms with Crippen LogP contribution in [0.3, 0.4) is 0 Å². The summed E-state index contributed by atoms with van der Waals surface area (Å²) < 4.78 is 19.8. The minimum atomic E-state index is -0.299. The lowest BCUT2D eigenvalue weighted by Crippen LogP contribution is -1.89. The molecule has 0 amide bonds. The molecule has 5 nitrogen and oxygen atoms in total. The highest BCUT2D eigenvalue weighted by molar-refractivity contribution is 8.00. The Hall–Kier alpha value is -2.71. The number of rotatable bonds is 6. The van der Waals surface area contributed by atoms with E-state index in [1.807, 2.05) is 30.3 Å². The Morgan fingerprint density at radius 2 is 1.96 bits per heavy atom. The second kappa shape index (κ2) is 7.67. The molecular formula is C18H13FN4OS2. The van der Waals surface area contributed by atoms with Gasteiger partial charge in [-0.3, -0.25) is 0 Å². The third kappa shape index (κ3) is 4.09. The first-order valence-electron chi connectivity index (χ1n) is 7.75.